The molecule has 0 atom stereocenters. The van der Waals surface area contributed by atoms with Crippen LogP contribution in [0.4, 0.5) is 5.82 Å². The Morgan fingerprint density at radius 1 is 1.55 bits per heavy atom. The highest BCUT2D eigenvalue weighted by Gasteiger charge is 1.97. The minimum Gasteiger partial charge on any atom is -0.368 e. The largest absolute Gasteiger partial charge is 0.368 e. The Balaban J connectivity index is 2.62. The third-order valence-corrected chi connectivity index (χ3v) is 1.30. The van der Waals surface area contributed by atoms with Crippen LogP contribution in [0, 0.1) is 13.1 Å². The summed E-state index contributed by atoms with van der Waals surface area (Å²) in [5, 5.41) is 13.9. The van der Waals surface area contributed by atoms with Crippen molar-refractivity contribution in [3.05, 3.63) is 11.8 Å². The lowest BCUT2D eigenvalue weighted by Crippen LogP contribution is -2.05. The topological polar surface area (TPSA) is 50.7 Å². The Morgan fingerprint density at radius 2 is 2.36 bits per heavy atom. The number of nitrogens with one attached hydrogen (secondary N) is 1. The molecule has 4 nitrogen and oxygen atoms in total. The smallest absolute Gasteiger partial charge is 0.155 e. The number of aryl methyl sites for hydroxylation is 1. The molecule has 0 aromatic carbocycles. The van der Waals surface area contributed by atoms with Gasteiger partial charge in [0.2, 0.25) is 0 Å². The first-order chi connectivity index (χ1) is 5.34. The van der Waals surface area contributed by atoms with E-state index in [1.165, 1.54) is 0 Å². The summed E-state index contributed by atoms with van der Waals surface area (Å²) in [5.41, 5.74) is 0.911. The van der Waals surface area contributed by atoms with Gasteiger partial charge in [-0.1, -0.05) is 6.92 Å². The second-order valence-corrected chi connectivity index (χ2v) is 2.30. The zero-order valence-corrected chi connectivity index (χ0v) is 6.76. The van der Waals surface area contributed by atoms with Gasteiger partial charge in [0.05, 0.1) is 0 Å². The highest BCUT2D eigenvalue weighted by molar-refractivity contribution is 5.39. The van der Waals surface area contributed by atoms with E-state index in [-0.39, 0.29) is 0 Å². The molecule has 11 heavy (non-hydrogen) atoms. The van der Waals surface area contributed by atoms with Crippen molar-refractivity contribution >= 4 is 5.82 Å². The Bertz CT molecular complexity index is 223. The number of rotatable bonds is 3. The van der Waals surface area contributed by atoms with Crippen LogP contribution < -0.4 is 5.32 Å². The van der Waals surface area contributed by atoms with E-state index in [0.717, 1.165) is 24.3 Å². The molecule has 0 saturated carbocycles. The van der Waals surface area contributed by atoms with Crippen LogP contribution in [0.2, 0.25) is 0 Å². The standard InChI is InChI=1S/C7H11N4/c1-3-4-8-7-6(2)5-9-11-10-7/h3-4H2,1-2H3,(H,8,9,10). The van der Waals surface area contributed by atoms with Gasteiger partial charge in [-0.3, -0.25) is 0 Å². The van der Waals surface area contributed by atoms with Crippen molar-refractivity contribution < 1.29 is 0 Å². The Labute approximate surface area is 66.0 Å². The van der Waals surface area contributed by atoms with E-state index in [1.54, 1.807) is 0 Å². The summed E-state index contributed by atoms with van der Waals surface area (Å²) in [6.45, 7) is 4.91. The highest BCUT2D eigenvalue weighted by atomic mass is 15.3. The van der Waals surface area contributed by atoms with E-state index in [0.29, 0.717) is 0 Å². The van der Waals surface area contributed by atoms with E-state index >= 15 is 0 Å². The third-order valence-electron chi connectivity index (χ3n) is 1.30. The van der Waals surface area contributed by atoms with Gasteiger partial charge in [-0.15, -0.1) is 10.2 Å². The quantitative estimate of drug-likeness (QED) is 0.694. The van der Waals surface area contributed by atoms with Gasteiger partial charge in [-0.2, -0.15) is 0 Å². The first-order valence-electron chi connectivity index (χ1n) is 3.66. The predicted octanol–water partition coefficient (Wildman–Crippen LogP) is 0.802. The Hall–Kier alpha value is -1.19. The van der Waals surface area contributed by atoms with Crippen LogP contribution in [0.25, 0.3) is 0 Å². The Kier molecular flexibility index (Phi) is 2.77. The van der Waals surface area contributed by atoms with Crippen LogP contribution in [0.5, 0.6) is 0 Å². The molecule has 1 radical (unpaired) electrons. The Morgan fingerprint density at radius 3 is 3.00 bits per heavy atom. The molecule has 0 spiro atoms. The molecule has 0 amide bonds. The van der Waals surface area contributed by atoms with Gasteiger partial charge in [0.15, 0.2) is 5.82 Å². The summed E-state index contributed by atoms with van der Waals surface area (Å²) >= 11 is 0. The monoisotopic (exact) mass is 151 g/mol. The summed E-state index contributed by atoms with van der Waals surface area (Å²) in [6.07, 6.45) is 3.80. The highest BCUT2D eigenvalue weighted by Crippen LogP contribution is 2.04. The van der Waals surface area contributed by atoms with Gasteiger partial charge in [-0.25, -0.2) is 0 Å². The van der Waals surface area contributed by atoms with Crippen molar-refractivity contribution in [1.82, 2.24) is 15.4 Å². The molecule has 0 bridgehead atoms. The molecule has 1 N–H and O–H groups in total. The third kappa shape index (κ3) is 2.14. The van der Waals surface area contributed by atoms with Crippen LogP contribution in [-0.2, 0) is 0 Å². The van der Waals surface area contributed by atoms with E-state index in [9.17, 15) is 0 Å². The van der Waals surface area contributed by atoms with Gasteiger partial charge in [0.1, 0.15) is 6.20 Å². The minimum absolute atomic E-state index is 0.779. The summed E-state index contributed by atoms with van der Waals surface area (Å²) in [5.74, 6) is 0.779. The maximum absolute atomic E-state index is 3.81. The van der Waals surface area contributed by atoms with Crippen molar-refractivity contribution in [3.8, 4) is 0 Å². The SMILES string of the molecule is CCCNc1nnn[c]c1C. The summed E-state index contributed by atoms with van der Waals surface area (Å²) in [7, 11) is 0. The lowest BCUT2D eigenvalue weighted by molar-refractivity contribution is 0.839. The maximum atomic E-state index is 3.81. The first-order valence-corrected chi connectivity index (χ1v) is 3.66. The summed E-state index contributed by atoms with van der Waals surface area (Å²) < 4.78 is 0. The molecule has 1 rings (SSSR count). The van der Waals surface area contributed by atoms with Crippen LogP contribution in [-0.4, -0.2) is 22.0 Å². The molecule has 1 aromatic heterocycles. The molecule has 1 aromatic rings. The zero-order valence-electron chi connectivity index (χ0n) is 6.76. The maximum Gasteiger partial charge on any atom is 0.155 e. The lowest BCUT2D eigenvalue weighted by atomic mass is 10.3. The molecule has 59 valence electrons. The van der Waals surface area contributed by atoms with Crippen LogP contribution in [0.1, 0.15) is 18.9 Å². The number of anilines is 1. The lowest BCUT2D eigenvalue weighted by Gasteiger charge is -2.02. The average Bonchev–Trinajstić information content (AvgIpc) is 2.03. The second-order valence-electron chi connectivity index (χ2n) is 2.30. The van der Waals surface area contributed by atoms with Crippen molar-refractivity contribution in [3.63, 3.8) is 0 Å². The number of nitrogens with zero attached hydrogens (tertiary/aromatic N) is 3. The molecule has 0 aliphatic heterocycles. The molecule has 0 fully saturated rings. The predicted molar refractivity (Wildman–Crippen MR) is 42.2 cm³/mol. The summed E-state index contributed by atoms with van der Waals surface area (Å²) in [6, 6.07) is 0. The van der Waals surface area contributed by atoms with Gasteiger partial charge >= 0.3 is 0 Å². The molecule has 0 saturated heterocycles. The fraction of sp³-hybridized carbons (Fsp3) is 0.571. The van der Waals surface area contributed by atoms with E-state index in [1.807, 2.05) is 6.92 Å². The molecule has 0 aliphatic carbocycles. The van der Waals surface area contributed by atoms with Crippen molar-refractivity contribution in [1.29, 1.82) is 0 Å². The molecule has 4 heteroatoms. The molecule has 1 heterocycles. The first kappa shape index (κ1) is 7.91. The van der Waals surface area contributed by atoms with Crippen LogP contribution in [0.15, 0.2) is 0 Å². The second kappa shape index (κ2) is 3.85. The van der Waals surface area contributed by atoms with E-state index in [2.05, 4.69) is 33.8 Å². The fourth-order valence-corrected chi connectivity index (χ4v) is 0.704. The van der Waals surface area contributed by atoms with Gasteiger partial charge in [-0.05, 0) is 18.6 Å². The van der Waals surface area contributed by atoms with Crippen LogP contribution in [0.3, 0.4) is 0 Å². The molecular weight excluding hydrogens is 140 g/mol. The fourth-order valence-electron chi connectivity index (χ4n) is 0.704. The van der Waals surface area contributed by atoms with Gasteiger partial charge in [0.25, 0.3) is 0 Å². The zero-order chi connectivity index (χ0) is 8.10. The molecular formula is C7H11N4. The number of aromatic nitrogens is 3. The normalized spacial score (nSPS) is 9.64. The van der Waals surface area contributed by atoms with Gasteiger partial charge in [0, 0.05) is 12.1 Å². The van der Waals surface area contributed by atoms with E-state index in [4.69, 9.17) is 0 Å². The molecule has 0 unspecified atom stereocenters. The number of hydrogen-bond donors (Lipinski definition) is 1. The average molecular weight is 151 g/mol. The van der Waals surface area contributed by atoms with Crippen molar-refractivity contribution in [2.75, 3.05) is 11.9 Å². The summed E-state index contributed by atoms with van der Waals surface area (Å²) in [4.78, 5) is 0. The van der Waals surface area contributed by atoms with Crippen molar-refractivity contribution in [2.24, 2.45) is 0 Å². The van der Waals surface area contributed by atoms with Gasteiger partial charge < -0.3 is 5.32 Å². The molecule has 0 aliphatic rings. The number of hydrogen-bond acceptors (Lipinski definition) is 4. The van der Waals surface area contributed by atoms with Crippen molar-refractivity contribution in [2.45, 2.75) is 20.3 Å². The van der Waals surface area contributed by atoms with Crippen LogP contribution >= 0.6 is 0 Å². The van der Waals surface area contributed by atoms with E-state index < -0.39 is 0 Å². The minimum atomic E-state index is 0.779.